The lowest BCUT2D eigenvalue weighted by molar-refractivity contribution is -0.230. The van der Waals surface area contributed by atoms with Gasteiger partial charge in [0.2, 0.25) is 0 Å². The van der Waals surface area contributed by atoms with E-state index in [0.717, 1.165) is 21.7 Å². The molecule has 25 heavy (non-hydrogen) atoms. The standard InChI is InChI=1S/C19H24O5S/c1-10-3-5-12(6-4-10)8-14-11(2)7-15(25-14)19-18(23)17(22)16(21)13(9-20)24-19/h3-7,13,16-23H,8-9H2,1-2H3/t13-,16-,17?,18-,19+/m1/s1. The highest BCUT2D eigenvalue weighted by atomic mass is 32.1. The number of thiophene rings is 1. The average Bonchev–Trinajstić information content (AvgIpc) is 2.95. The first-order valence-corrected chi connectivity index (χ1v) is 9.17. The molecule has 6 heteroatoms. The minimum absolute atomic E-state index is 0.415. The topological polar surface area (TPSA) is 90.2 Å². The van der Waals surface area contributed by atoms with Crippen LogP contribution in [0.25, 0.3) is 0 Å². The number of benzene rings is 1. The van der Waals surface area contributed by atoms with Crippen molar-refractivity contribution in [2.75, 3.05) is 6.61 Å². The summed E-state index contributed by atoms with van der Waals surface area (Å²) in [5, 5.41) is 39.5. The molecule has 0 bridgehead atoms. The van der Waals surface area contributed by atoms with Gasteiger partial charge in [0.25, 0.3) is 0 Å². The van der Waals surface area contributed by atoms with E-state index in [4.69, 9.17) is 4.74 Å². The Bertz CT molecular complexity index is 709. The van der Waals surface area contributed by atoms with Crippen molar-refractivity contribution in [2.45, 2.75) is 50.8 Å². The summed E-state index contributed by atoms with van der Waals surface area (Å²) in [6, 6.07) is 10.3. The third kappa shape index (κ3) is 3.79. The highest BCUT2D eigenvalue weighted by Gasteiger charge is 2.44. The Balaban J connectivity index is 1.82. The molecule has 1 aromatic carbocycles. The van der Waals surface area contributed by atoms with Crippen LogP contribution in [0, 0.1) is 13.8 Å². The third-order valence-electron chi connectivity index (χ3n) is 4.70. The maximum Gasteiger partial charge on any atom is 0.121 e. The quantitative estimate of drug-likeness (QED) is 0.660. The second-order valence-corrected chi connectivity index (χ2v) is 7.84. The Labute approximate surface area is 151 Å². The zero-order valence-corrected chi connectivity index (χ0v) is 15.1. The Morgan fingerprint density at radius 1 is 1.00 bits per heavy atom. The minimum atomic E-state index is -1.35. The Kier molecular flexibility index (Phi) is 5.58. The van der Waals surface area contributed by atoms with Crippen molar-refractivity contribution in [2.24, 2.45) is 0 Å². The summed E-state index contributed by atoms with van der Waals surface area (Å²) in [7, 11) is 0. The smallest absolute Gasteiger partial charge is 0.121 e. The SMILES string of the molecule is Cc1ccc(Cc2sc([C@@H]3O[C@H](CO)[C@@H](O)C(O)[C@H]3O)cc2C)cc1. The van der Waals surface area contributed by atoms with Crippen molar-refractivity contribution in [3.8, 4) is 0 Å². The highest BCUT2D eigenvalue weighted by Crippen LogP contribution is 2.37. The molecule has 0 amide bonds. The summed E-state index contributed by atoms with van der Waals surface area (Å²) in [6.07, 6.45) is -4.77. The van der Waals surface area contributed by atoms with Crippen LogP contribution in [0.2, 0.25) is 0 Å². The number of aliphatic hydroxyl groups excluding tert-OH is 4. The molecule has 4 N–H and O–H groups in total. The molecule has 1 aromatic heterocycles. The zero-order chi connectivity index (χ0) is 18.1. The first-order chi connectivity index (χ1) is 11.9. The zero-order valence-electron chi connectivity index (χ0n) is 14.3. The summed E-state index contributed by atoms with van der Waals surface area (Å²) in [6.45, 7) is 3.65. The van der Waals surface area contributed by atoms with Crippen molar-refractivity contribution in [1.82, 2.24) is 0 Å². The van der Waals surface area contributed by atoms with E-state index in [-0.39, 0.29) is 0 Å². The van der Waals surface area contributed by atoms with E-state index < -0.39 is 37.1 Å². The first kappa shape index (κ1) is 18.5. The molecule has 2 heterocycles. The number of hydrogen-bond donors (Lipinski definition) is 4. The molecular weight excluding hydrogens is 340 g/mol. The summed E-state index contributed by atoms with van der Waals surface area (Å²) in [4.78, 5) is 1.95. The average molecular weight is 364 g/mol. The molecule has 5 nitrogen and oxygen atoms in total. The molecule has 0 aliphatic carbocycles. The maximum absolute atomic E-state index is 10.3. The number of aryl methyl sites for hydroxylation is 2. The molecule has 0 spiro atoms. The van der Waals surface area contributed by atoms with Gasteiger partial charge in [0.05, 0.1) is 6.61 Å². The van der Waals surface area contributed by atoms with Gasteiger partial charge in [-0.05, 0) is 31.0 Å². The van der Waals surface area contributed by atoms with Crippen LogP contribution in [-0.2, 0) is 11.2 Å². The van der Waals surface area contributed by atoms with Crippen LogP contribution in [0.4, 0.5) is 0 Å². The van der Waals surface area contributed by atoms with Crippen LogP contribution in [0.15, 0.2) is 30.3 Å². The summed E-state index contributed by atoms with van der Waals surface area (Å²) in [5.74, 6) is 0. The van der Waals surface area contributed by atoms with E-state index >= 15 is 0 Å². The van der Waals surface area contributed by atoms with Crippen LogP contribution in [0.5, 0.6) is 0 Å². The van der Waals surface area contributed by atoms with Crippen molar-refractivity contribution in [1.29, 1.82) is 0 Å². The van der Waals surface area contributed by atoms with Gasteiger partial charge in [0.1, 0.15) is 30.5 Å². The van der Waals surface area contributed by atoms with Crippen LogP contribution < -0.4 is 0 Å². The van der Waals surface area contributed by atoms with Gasteiger partial charge in [-0.15, -0.1) is 11.3 Å². The molecule has 3 rings (SSSR count). The molecule has 1 aliphatic heterocycles. The second-order valence-electron chi connectivity index (χ2n) is 6.67. The Hall–Kier alpha value is -1.28. The molecule has 2 aromatic rings. The van der Waals surface area contributed by atoms with Crippen molar-refractivity contribution in [3.63, 3.8) is 0 Å². The number of aliphatic hydroxyl groups is 4. The van der Waals surface area contributed by atoms with E-state index in [1.165, 1.54) is 22.5 Å². The third-order valence-corrected chi connectivity index (χ3v) is 6.00. The summed E-state index contributed by atoms with van der Waals surface area (Å²) < 4.78 is 5.65. The summed E-state index contributed by atoms with van der Waals surface area (Å²) in [5.41, 5.74) is 3.52. The molecule has 1 unspecified atom stereocenters. The fourth-order valence-electron chi connectivity index (χ4n) is 3.09. The van der Waals surface area contributed by atoms with Gasteiger partial charge in [-0.1, -0.05) is 29.8 Å². The van der Waals surface area contributed by atoms with Gasteiger partial charge >= 0.3 is 0 Å². The molecular formula is C19H24O5S. The Morgan fingerprint density at radius 2 is 1.68 bits per heavy atom. The van der Waals surface area contributed by atoms with E-state index in [1.54, 1.807) is 0 Å². The van der Waals surface area contributed by atoms with Crippen LogP contribution in [0.3, 0.4) is 0 Å². The molecule has 1 saturated heterocycles. The summed E-state index contributed by atoms with van der Waals surface area (Å²) >= 11 is 1.53. The number of hydrogen-bond acceptors (Lipinski definition) is 6. The fourth-order valence-corrected chi connectivity index (χ4v) is 4.38. The predicted molar refractivity (Wildman–Crippen MR) is 95.8 cm³/mol. The molecule has 1 fully saturated rings. The van der Waals surface area contributed by atoms with Crippen LogP contribution >= 0.6 is 11.3 Å². The lowest BCUT2D eigenvalue weighted by atomic mass is 9.94. The van der Waals surface area contributed by atoms with E-state index in [9.17, 15) is 20.4 Å². The number of rotatable bonds is 4. The highest BCUT2D eigenvalue weighted by molar-refractivity contribution is 7.12. The predicted octanol–water partition coefficient (Wildman–Crippen LogP) is 1.47. The molecule has 1 aliphatic rings. The van der Waals surface area contributed by atoms with Crippen molar-refractivity contribution >= 4 is 11.3 Å². The largest absolute Gasteiger partial charge is 0.394 e. The molecule has 136 valence electrons. The molecule has 0 radical (unpaired) electrons. The van der Waals surface area contributed by atoms with E-state index in [1.807, 2.05) is 13.0 Å². The fraction of sp³-hybridized carbons (Fsp3) is 0.474. The number of ether oxygens (including phenoxy) is 1. The van der Waals surface area contributed by atoms with E-state index in [0.29, 0.717) is 0 Å². The van der Waals surface area contributed by atoms with Gasteiger partial charge in [0, 0.05) is 16.2 Å². The lowest BCUT2D eigenvalue weighted by Gasteiger charge is -2.39. The van der Waals surface area contributed by atoms with Gasteiger partial charge in [-0.2, -0.15) is 0 Å². The van der Waals surface area contributed by atoms with Crippen LogP contribution in [0.1, 0.15) is 32.5 Å². The van der Waals surface area contributed by atoms with Crippen LogP contribution in [-0.4, -0.2) is 51.4 Å². The van der Waals surface area contributed by atoms with Crippen molar-refractivity contribution in [3.05, 3.63) is 56.8 Å². The monoisotopic (exact) mass is 364 g/mol. The minimum Gasteiger partial charge on any atom is -0.394 e. The second kappa shape index (κ2) is 7.53. The normalized spacial score (nSPS) is 29.8. The molecule has 0 saturated carbocycles. The van der Waals surface area contributed by atoms with Gasteiger partial charge in [-0.25, -0.2) is 0 Å². The first-order valence-electron chi connectivity index (χ1n) is 8.36. The van der Waals surface area contributed by atoms with E-state index in [2.05, 4.69) is 31.2 Å². The Morgan fingerprint density at radius 3 is 2.32 bits per heavy atom. The van der Waals surface area contributed by atoms with Gasteiger partial charge < -0.3 is 25.2 Å². The van der Waals surface area contributed by atoms with Gasteiger partial charge in [0.15, 0.2) is 0 Å². The lowest BCUT2D eigenvalue weighted by Crippen LogP contribution is -2.55. The van der Waals surface area contributed by atoms with Crippen molar-refractivity contribution < 1.29 is 25.2 Å². The van der Waals surface area contributed by atoms with Gasteiger partial charge in [-0.3, -0.25) is 0 Å². The molecule has 5 atom stereocenters. The maximum atomic E-state index is 10.3.